The fourth-order valence-corrected chi connectivity index (χ4v) is 4.60. The van der Waals surface area contributed by atoms with Crippen LogP contribution in [0.4, 0.5) is 5.69 Å². The number of anilines is 1. The van der Waals surface area contributed by atoms with Crippen LogP contribution < -0.4 is 20.9 Å². The van der Waals surface area contributed by atoms with E-state index in [2.05, 4.69) is 38.0 Å². The van der Waals surface area contributed by atoms with Crippen molar-refractivity contribution in [2.24, 2.45) is 4.99 Å². The number of fused-ring (bicyclic) bond motifs is 1. The molecule has 0 spiro atoms. The predicted octanol–water partition coefficient (Wildman–Crippen LogP) is 2.85. The Morgan fingerprint density at radius 1 is 1.22 bits per heavy atom. The van der Waals surface area contributed by atoms with E-state index in [1.165, 1.54) is 4.70 Å². The zero-order valence-corrected chi connectivity index (χ0v) is 21.0. The molecule has 32 heavy (non-hydrogen) atoms. The third-order valence-electron chi connectivity index (χ3n) is 5.26. The van der Waals surface area contributed by atoms with Gasteiger partial charge in [0.2, 0.25) is 5.91 Å². The molecule has 4 N–H and O–H groups in total. The minimum atomic E-state index is -0.600. The van der Waals surface area contributed by atoms with Crippen LogP contribution in [0.15, 0.2) is 59.6 Å². The summed E-state index contributed by atoms with van der Waals surface area (Å²) < 4.78 is 1.17. The van der Waals surface area contributed by atoms with Gasteiger partial charge in [0.05, 0.1) is 6.54 Å². The van der Waals surface area contributed by atoms with Gasteiger partial charge in [-0.05, 0) is 35.2 Å². The van der Waals surface area contributed by atoms with Gasteiger partial charge in [-0.15, -0.1) is 35.3 Å². The average molecular weight is 565 g/mol. The zero-order valence-electron chi connectivity index (χ0n) is 17.9. The summed E-state index contributed by atoms with van der Waals surface area (Å²) in [6.45, 7) is 2.89. The van der Waals surface area contributed by atoms with Gasteiger partial charge in [0.15, 0.2) is 5.96 Å². The van der Waals surface area contributed by atoms with Gasteiger partial charge in [-0.2, -0.15) is 0 Å². The van der Waals surface area contributed by atoms with E-state index in [9.17, 15) is 9.90 Å². The summed E-state index contributed by atoms with van der Waals surface area (Å²) in [5.41, 5.74) is 2.16. The first-order chi connectivity index (χ1) is 15.1. The van der Waals surface area contributed by atoms with Gasteiger partial charge in [0, 0.05) is 48.5 Å². The number of nitrogens with one attached hydrogen (secondary N) is 3. The van der Waals surface area contributed by atoms with Crippen LogP contribution in [0.5, 0.6) is 0 Å². The van der Waals surface area contributed by atoms with Crippen LogP contribution in [-0.2, 0) is 11.3 Å². The van der Waals surface area contributed by atoms with E-state index in [0.717, 1.165) is 28.1 Å². The summed E-state index contributed by atoms with van der Waals surface area (Å²) in [6.07, 6.45) is -0.600. The number of benzene rings is 2. The minimum Gasteiger partial charge on any atom is -0.386 e. The number of hydrogen-bond donors (Lipinski definition) is 4. The number of guanidine groups is 1. The van der Waals surface area contributed by atoms with E-state index in [1.54, 1.807) is 18.4 Å². The minimum absolute atomic E-state index is 0. The smallest absolute Gasteiger partial charge is 0.239 e. The largest absolute Gasteiger partial charge is 0.386 e. The Bertz CT molecular complexity index is 1040. The van der Waals surface area contributed by atoms with E-state index in [-0.39, 0.29) is 29.9 Å². The molecule has 1 amide bonds. The van der Waals surface area contributed by atoms with Gasteiger partial charge in [0.1, 0.15) is 6.10 Å². The molecule has 0 aliphatic carbocycles. The number of aliphatic hydroxyl groups is 1. The Balaban J connectivity index is 0.00000289. The number of nitrogens with zero attached hydrogens (tertiary/aromatic N) is 2. The first kappa shape index (κ1) is 24.3. The van der Waals surface area contributed by atoms with Crippen LogP contribution in [0, 0.1) is 0 Å². The van der Waals surface area contributed by atoms with Crippen LogP contribution in [0.25, 0.3) is 10.1 Å². The molecule has 7 nitrogen and oxygen atoms in total. The molecule has 3 aromatic rings. The molecule has 170 valence electrons. The van der Waals surface area contributed by atoms with Crippen molar-refractivity contribution in [3.63, 3.8) is 0 Å². The maximum absolute atomic E-state index is 11.6. The van der Waals surface area contributed by atoms with Crippen molar-refractivity contribution < 1.29 is 9.90 Å². The standard InChI is InChI=1S/C23H27N5O2S.HI/c1-24-23(27-14-19(29)21-12-17-4-2-3-5-20(17)31-21)26-13-16-6-8-18(9-7-16)28-11-10-25-22(30)15-28;/h2-9,12,19,29H,10-11,13-15H2,1H3,(H,25,30)(H2,24,26,27);1H. The lowest BCUT2D eigenvalue weighted by Gasteiger charge is -2.28. The van der Waals surface area contributed by atoms with Crippen molar-refractivity contribution in [3.8, 4) is 0 Å². The number of carbonyl (C=O) groups excluding carboxylic acids is 1. The number of aliphatic hydroxyl groups excluding tert-OH is 1. The van der Waals surface area contributed by atoms with Gasteiger partial charge >= 0.3 is 0 Å². The van der Waals surface area contributed by atoms with Crippen LogP contribution in [0.1, 0.15) is 16.5 Å². The monoisotopic (exact) mass is 565 g/mol. The molecule has 2 heterocycles. The van der Waals surface area contributed by atoms with Gasteiger partial charge in [-0.3, -0.25) is 9.79 Å². The van der Waals surface area contributed by atoms with E-state index in [1.807, 2.05) is 42.5 Å². The number of hydrogen-bond acceptors (Lipinski definition) is 5. The molecule has 1 fully saturated rings. The van der Waals surface area contributed by atoms with Gasteiger partial charge in [0.25, 0.3) is 0 Å². The van der Waals surface area contributed by atoms with E-state index in [4.69, 9.17) is 0 Å². The SMILES string of the molecule is CN=C(NCc1ccc(N2CCNC(=O)C2)cc1)NCC(O)c1cc2ccccc2s1.I. The fourth-order valence-electron chi connectivity index (χ4n) is 3.55. The Morgan fingerprint density at radius 2 is 2.00 bits per heavy atom. The van der Waals surface area contributed by atoms with Crippen molar-refractivity contribution in [1.29, 1.82) is 0 Å². The van der Waals surface area contributed by atoms with Crippen molar-refractivity contribution in [3.05, 3.63) is 65.0 Å². The van der Waals surface area contributed by atoms with Gasteiger partial charge in [-0.25, -0.2) is 0 Å². The van der Waals surface area contributed by atoms with Crippen molar-refractivity contribution in [2.75, 3.05) is 38.1 Å². The zero-order chi connectivity index (χ0) is 21.6. The molecule has 0 radical (unpaired) electrons. The molecule has 1 aromatic heterocycles. The first-order valence-corrected chi connectivity index (χ1v) is 11.2. The third-order valence-corrected chi connectivity index (χ3v) is 6.48. The lowest BCUT2D eigenvalue weighted by molar-refractivity contribution is -0.120. The number of amides is 1. The second kappa shape index (κ2) is 11.5. The predicted molar refractivity (Wildman–Crippen MR) is 142 cm³/mol. The summed E-state index contributed by atoms with van der Waals surface area (Å²) in [5, 5.41) is 21.0. The number of thiophene rings is 1. The molecule has 1 unspecified atom stereocenters. The molecule has 0 saturated carbocycles. The topological polar surface area (TPSA) is 89.0 Å². The van der Waals surface area contributed by atoms with E-state index < -0.39 is 6.10 Å². The highest BCUT2D eigenvalue weighted by Crippen LogP contribution is 2.29. The quantitative estimate of drug-likeness (QED) is 0.210. The van der Waals surface area contributed by atoms with Crippen LogP contribution in [0.3, 0.4) is 0 Å². The number of rotatable bonds is 6. The van der Waals surface area contributed by atoms with Crippen molar-refractivity contribution in [1.82, 2.24) is 16.0 Å². The summed E-state index contributed by atoms with van der Waals surface area (Å²) in [5.74, 6) is 0.696. The molecule has 9 heteroatoms. The van der Waals surface area contributed by atoms with E-state index in [0.29, 0.717) is 32.1 Å². The Kier molecular flexibility index (Phi) is 8.71. The number of aliphatic imine (C=N–C) groups is 1. The lowest BCUT2D eigenvalue weighted by atomic mass is 10.2. The van der Waals surface area contributed by atoms with Gasteiger partial charge < -0.3 is 26.0 Å². The fraction of sp³-hybridized carbons (Fsp3) is 0.304. The third kappa shape index (κ3) is 6.11. The highest BCUT2D eigenvalue weighted by Gasteiger charge is 2.16. The molecule has 1 aliphatic rings. The highest BCUT2D eigenvalue weighted by molar-refractivity contribution is 14.0. The summed E-state index contributed by atoms with van der Waals surface area (Å²) in [4.78, 5) is 18.8. The normalized spacial score (nSPS) is 15.1. The Labute approximate surface area is 208 Å². The maximum atomic E-state index is 11.6. The second-order valence-electron chi connectivity index (χ2n) is 7.45. The second-order valence-corrected chi connectivity index (χ2v) is 8.56. The van der Waals surface area contributed by atoms with Crippen molar-refractivity contribution >= 4 is 63.0 Å². The average Bonchev–Trinajstić information content (AvgIpc) is 3.24. The lowest BCUT2D eigenvalue weighted by Crippen LogP contribution is -2.47. The number of carbonyl (C=O) groups is 1. The first-order valence-electron chi connectivity index (χ1n) is 10.3. The Hall–Kier alpha value is -2.37. The molecular formula is C23H28IN5O2S. The number of piperazine rings is 1. The molecule has 2 aromatic carbocycles. The molecule has 4 rings (SSSR count). The van der Waals surface area contributed by atoms with E-state index >= 15 is 0 Å². The van der Waals surface area contributed by atoms with Gasteiger partial charge in [-0.1, -0.05) is 30.3 Å². The number of halogens is 1. The Morgan fingerprint density at radius 3 is 2.72 bits per heavy atom. The molecule has 1 atom stereocenters. The molecular weight excluding hydrogens is 537 g/mol. The van der Waals surface area contributed by atoms with Crippen LogP contribution in [0.2, 0.25) is 0 Å². The maximum Gasteiger partial charge on any atom is 0.239 e. The molecule has 1 aliphatic heterocycles. The van der Waals surface area contributed by atoms with Crippen LogP contribution in [-0.4, -0.2) is 50.2 Å². The summed E-state index contributed by atoms with van der Waals surface area (Å²) in [6, 6.07) is 18.4. The summed E-state index contributed by atoms with van der Waals surface area (Å²) >= 11 is 1.61. The highest BCUT2D eigenvalue weighted by atomic mass is 127. The summed E-state index contributed by atoms with van der Waals surface area (Å²) in [7, 11) is 1.71. The molecule has 0 bridgehead atoms. The van der Waals surface area contributed by atoms with Crippen molar-refractivity contribution in [2.45, 2.75) is 12.6 Å². The van der Waals surface area contributed by atoms with Crippen LogP contribution >= 0.6 is 35.3 Å². The molecule has 1 saturated heterocycles.